The van der Waals surface area contributed by atoms with Crippen molar-refractivity contribution in [1.29, 1.82) is 0 Å². The number of hydrogen-bond donors (Lipinski definition) is 1. The van der Waals surface area contributed by atoms with Crippen molar-refractivity contribution in [3.05, 3.63) is 24.0 Å². The Balaban J connectivity index is 1.84. The van der Waals surface area contributed by atoms with Gasteiger partial charge in [-0.3, -0.25) is 0 Å². The van der Waals surface area contributed by atoms with Crippen LogP contribution in [-0.4, -0.2) is 60.4 Å². The minimum absolute atomic E-state index is 0.0102. The largest absolute Gasteiger partial charge is 0.489 e. The molecule has 1 aromatic heterocycles. The lowest BCUT2D eigenvalue weighted by Gasteiger charge is -2.29. The van der Waals surface area contributed by atoms with Gasteiger partial charge in [-0.2, -0.15) is 0 Å². The molecule has 1 N–H and O–H groups in total. The Hall–Kier alpha value is -1.66. The zero-order chi connectivity index (χ0) is 13.0. The van der Waals surface area contributed by atoms with Crippen molar-refractivity contribution in [2.75, 3.05) is 33.4 Å². The molecule has 2 rings (SSSR count). The van der Waals surface area contributed by atoms with Gasteiger partial charge in [0.2, 0.25) is 0 Å². The average Bonchev–Trinajstić information content (AvgIpc) is 2.37. The molecule has 1 aromatic rings. The van der Waals surface area contributed by atoms with Gasteiger partial charge >= 0.3 is 5.97 Å². The molecular formula is C12H16N2O4. The molecule has 1 fully saturated rings. The number of carboxylic acid groups (broad SMARTS) is 1. The highest BCUT2D eigenvalue weighted by Crippen LogP contribution is 2.11. The van der Waals surface area contributed by atoms with Crippen LogP contribution in [0.4, 0.5) is 0 Å². The van der Waals surface area contributed by atoms with Crippen LogP contribution in [0, 0.1) is 0 Å². The standard InChI is InChI=1S/C12H16N2O4/c1-14-4-5-17-10(7-14)8-18-9-2-3-11(12(15)16)13-6-9/h2-3,6,10H,4-5,7-8H2,1H3,(H,15,16). The van der Waals surface area contributed by atoms with E-state index in [1.807, 2.05) is 7.05 Å². The molecule has 0 spiro atoms. The first-order valence-electron chi connectivity index (χ1n) is 5.77. The number of rotatable bonds is 4. The molecular weight excluding hydrogens is 236 g/mol. The van der Waals surface area contributed by atoms with Crippen LogP contribution in [0.15, 0.2) is 18.3 Å². The molecule has 0 bridgehead atoms. The number of nitrogens with zero attached hydrogens (tertiary/aromatic N) is 2. The number of carboxylic acids is 1. The summed E-state index contributed by atoms with van der Waals surface area (Å²) < 4.78 is 11.1. The number of carbonyl (C=O) groups is 1. The second-order valence-corrected chi connectivity index (χ2v) is 4.25. The van der Waals surface area contributed by atoms with Crippen LogP contribution in [0.1, 0.15) is 10.5 Å². The summed E-state index contributed by atoms with van der Waals surface area (Å²) in [7, 11) is 2.04. The van der Waals surface area contributed by atoms with Gasteiger partial charge in [-0.05, 0) is 19.2 Å². The topological polar surface area (TPSA) is 71.9 Å². The van der Waals surface area contributed by atoms with E-state index in [1.165, 1.54) is 12.3 Å². The van der Waals surface area contributed by atoms with Crippen molar-refractivity contribution in [1.82, 2.24) is 9.88 Å². The van der Waals surface area contributed by atoms with Crippen LogP contribution >= 0.6 is 0 Å². The fourth-order valence-corrected chi connectivity index (χ4v) is 1.75. The second kappa shape index (κ2) is 5.79. The van der Waals surface area contributed by atoms with Crippen LogP contribution < -0.4 is 4.74 Å². The highest BCUT2D eigenvalue weighted by Gasteiger charge is 2.18. The molecule has 0 saturated carbocycles. The number of likely N-dealkylation sites (N-methyl/N-ethyl adjacent to an activating group) is 1. The quantitative estimate of drug-likeness (QED) is 0.840. The number of pyridine rings is 1. The molecule has 6 nitrogen and oxygen atoms in total. The molecule has 1 aliphatic heterocycles. The normalized spacial score (nSPS) is 20.6. The molecule has 6 heteroatoms. The number of aromatic carboxylic acids is 1. The van der Waals surface area contributed by atoms with E-state index in [0.29, 0.717) is 19.0 Å². The molecule has 0 radical (unpaired) electrons. The van der Waals surface area contributed by atoms with Crippen molar-refractivity contribution in [3.8, 4) is 5.75 Å². The Morgan fingerprint density at radius 2 is 2.50 bits per heavy atom. The van der Waals surface area contributed by atoms with E-state index in [4.69, 9.17) is 14.6 Å². The van der Waals surface area contributed by atoms with Gasteiger partial charge in [-0.1, -0.05) is 0 Å². The van der Waals surface area contributed by atoms with E-state index in [0.717, 1.165) is 13.1 Å². The maximum Gasteiger partial charge on any atom is 0.354 e. The number of hydrogen-bond acceptors (Lipinski definition) is 5. The van der Waals surface area contributed by atoms with E-state index >= 15 is 0 Å². The van der Waals surface area contributed by atoms with E-state index in [2.05, 4.69) is 9.88 Å². The van der Waals surface area contributed by atoms with Gasteiger partial charge in [-0.15, -0.1) is 0 Å². The summed E-state index contributed by atoms with van der Waals surface area (Å²) in [5, 5.41) is 8.71. The predicted molar refractivity (Wildman–Crippen MR) is 63.9 cm³/mol. The Morgan fingerprint density at radius 1 is 1.67 bits per heavy atom. The molecule has 2 heterocycles. The molecule has 1 aliphatic rings. The summed E-state index contributed by atoms with van der Waals surface area (Å²) in [5.41, 5.74) is 0.0102. The molecule has 0 aliphatic carbocycles. The average molecular weight is 252 g/mol. The summed E-state index contributed by atoms with van der Waals surface area (Å²) in [4.78, 5) is 16.6. The first kappa shape index (κ1) is 12.8. The summed E-state index contributed by atoms with van der Waals surface area (Å²) in [6.07, 6.45) is 1.46. The smallest absolute Gasteiger partial charge is 0.354 e. The lowest BCUT2D eigenvalue weighted by molar-refractivity contribution is -0.0404. The fraction of sp³-hybridized carbons (Fsp3) is 0.500. The third-order valence-corrected chi connectivity index (χ3v) is 2.73. The van der Waals surface area contributed by atoms with Gasteiger partial charge < -0.3 is 19.5 Å². The molecule has 98 valence electrons. The van der Waals surface area contributed by atoms with Crippen molar-refractivity contribution in [3.63, 3.8) is 0 Å². The Labute approximate surface area is 105 Å². The summed E-state index contributed by atoms with van der Waals surface area (Å²) in [6.45, 7) is 2.92. The molecule has 0 amide bonds. The number of aromatic nitrogens is 1. The van der Waals surface area contributed by atoms with Crippen LogP contribution in [0.5, 0.6) is 5.75 Å². The van der Waals surface area contributed by atoms with Crippen LogP contribution in [0.25, 0.3) is 0 Å². The third-order valence-electron chi connectivity index (χ3n) is 2.73. The zero-order valence-electron chi connectivity index (χ0n) is 10.2. The van der Waals surface area contributed by atoms with Gasteiger partial charge in [-0.25, -0.2) is 9.78 Å². The Morgan fingerprint density at radius 3 is 3.11 bits per heavy atom. The van der Waals surface area contributed by atoms with E-state index in [9.17, 15) is 4.79 Å². The Kier molecular flexibility index (Phi) is 4.11. The highest BCUT2D eigenvalue weighted by molar-refractivity contribution is 5.85. The summed E-state index contributed by atoms with van der Waals surface area (Å²) in [6, 6.07) is 3.02. The maximum atomic E-state index is 10.6. The van der Waals surface area contributed by atoms with E-state index in [1.54, 1.807) is 6.07 Å². The van der Waals surface area contributed by atoms with Gasteiger partial charge in [0.25, 0.3) is 0 Å². The lowest BCUT2D eigenvalue weighted by Crippen LogP contribution is -2.42. The highest BCUT2D eigenvalue weighted by atomic mass is 16.5. The molecule has 0 aromatic carbocycles. The van der Waals surface area contributed by atoms with Crippen molar-refractivity contribution in [2.24, 2.45) is 0 Å². The molecule has 1 atom stereocenters. The molecule has 1 unspecified atom stereocenters. The first-order valence-corrected chi connectivity index (χ1v) is 5.77. The molecule has 18 heavy (non-hydrogen) atoms. The van der Waals surface area contributed by atoms with E-state index < -0.39 is 5.97 Å². The maximum absolute atomic E-state index is 10.6. The van der Waals surface area contributed by atoms with Crippen molar-refractivity contribution in [2.45, 2.75) is 6.10 Å². The lowest BCUT2D eigenvalue weighted by atomic mass is 10.3. The second-order valence-electron chi connectivity index (χ2n) is 4.25. The van der Waals surface area contributed by atoms with Crippen molar-refractivity contribution >= 4 is 5.97 Å². The van der Waals surface area contributed by atoms with Crippen LogP contribution in [0.2, 0.25) is 0 Å². The van der Waals surface area contributed by atoms with Crippen LogP contribution in [0.3, 0.4) is 0 Å². The Bertz CT molecular complexity index is 407. The van der Waals surface area contributed by atoms with Gasteiger partial charge in [0, 0.05) is 13.1 Å². The minimum atomic E-state index is -1.04. The SMILES string of the molecule is CN1CCOC(COc2ccc(C(=O)O)nc2)C1. The van der Waals surface area contributed by atoms with Crippen molar-refractivity contribution < 1.29 is 19.4 Å². The number of morpholine rings is 1. The summed E-state index contributed by atoms with van der Waals surface area (Å²) >= 11 is 0. The zero-order valence-corrected chi connectivity index (χ0v) is 10.2. The van der Waals surface area contributed by atoms with E-state index in [-0.39, 0.29) is 11.8 Å². The monoisotopic (exact) mass is 252 g/mol. The van der Waals surface area contributed by atoms with Gasteiger partial charge in [0.05, 0.1) is 12.8 Å². The fourth-order valence-electron chi connectivity index (χ4n) is 1.75. The van der Waals surface area contributed by atoms with Gasteiger partial charge in [0.15, 0.2) is 0 Å². The van der Waals surface area contributed by atoms with Gasteiger partial charge in [0.1, 0.15) is 24.2 Å². The first-order chi connectivity index (χ1) is 8.65. The summed E-state index contributed by atoms with van der Waals surface area (Å²) in [5.74, 6) is -0.490. The number of ether oxygens (including phenoxy) is 2. The minimum Gasteiger partial charge on any atom is -0.489 e. The third kappa shape index (κ3) is 3.41. The predicted octanol–water partition coefficient (Wildman–Crippen LogP) is 0.489. The van der Waals surface area contributed by atoms with Crippen LogP contribution in [-0.2, 0) is 4.74 Å². The molecule has 1 saturated heterocycles.